The van der Waals surface area contributed by atoms with E-state index in [4.69, 9.17) is 5.11 Å². The second kappa shape index (κ2) is 6.46. The van der Waals surface area contributed by atoms with Gasteiger partial charge in [-0.25, -0.2) is 0 Å². The van der Waals surface area contributed by atoms with Gasteiger partial charge in [-0.15, -0.1) is 0 Å². The van der Waals surface area contributed by atoms with Crippen molar-refractivity contribution in [1.29, 1.82) is 0 Å². The van der Waals surface area contributed by atoms with Crippen molar-refractivity contribution < 1.29 is 5.11 Å². The van der Waals surface area contributed by atoms with Crippen LogP contribution in [0.1, 0.15) is 33.1 Å². The third-order valence-corrected chi connectivity index (χ3v) is 3.57. The molecule has 2 atom stereocenters. The highest BCUT2D eigenvalue weighted by atomic mass is 16.3. The molecule has 1 rings (SSSR count). The minimum absolute atomic E-state index is 0.313. The van der Waals surface area contributed by atoms with Crippen molar-refractivity contribution in [2.24, 2.45) is 0 Å². The van der Waals surface area contributed by atoms with E-state index in [1.54, 1.807) is 0 Å². The lowest BCUT2D eigenvalue weighted by atomic mass is 10.1. The van der Waals surface area contributed by atoms with Crippen LogP contribution in [-0.2, 0) is 0 Å². The number of hydrogen-bond donors (Lipinski definition) is 1. The van der Waals surface area contributed by atoms with E-state index in [2.05, 4.69) is 30.7 Å². The number of aliphatic hydroxyl groups is 1. The number of hydrogen-bond acceptors (Lipinski definition) is 3. The summed E-state index contributed by atoms with van der Waals surface area (Å²) in [5.74, 6) is 0. The molecule has 1 aliphatic rings. The molecule has 90 valence electrons. The molecule has 0 radical (unpaired) electrons. The number of nitrogens with zero attached hydrogens (tertiary/aromatic N) is 2. The fourth-order valence-corrected chi connectivity index (χ4v) is 2.39. The minimum Gasteiger partial charge on any atom is -0.396 e. The van der Waals surface area contributed by atoms with Gasteiger partial charge in [-0.1, -0.05) is 6.92 Å². The molecule has 0 spiro atoms. The molecule has 0 aromatic heterocycles. The molecular formula is C12H26N2O. The number of rotatable bonds is 4. The van der Waals surface area contributed by atoms with Crippen LogP contribution in [0.15, 0.2) is 0 Å². The van der Waals surface area contributed by atoms with Gasteiger partial charge < -0.3 is 10.0 Å². The standard InChI is InChI=1S/C12H26N2O/c1-4-7-14-8-5-11(2)13(3)10-12(14)6-9-15/h11-12,15H,4-10H2,1-3H3. The van der Waals surface area contributed by atoms with Crippen LogP contribution in [0.2, 0.25) is 0 Å². The first-order valence-electron chi connectivity index (χ1n) is 6.24. The van der Waals surface area contributed by atoms with Gasteiger partial charge in [-0.3, -0.25) is 4.90 Å². The predicted molar refractivity (Wildman–Crippen MR) is 64.1 cm³/mol. The van der Waals surface area contributed by atoms with Gasteiger partial charge in [0.05, 0.1) is 0 Å². The molecule has 2 unspecified atom stereocenters. The quantitative estimate of drug-likeness (QED) is 0.761. The first kappa shape index (κ1) is 12.9. The summed E-state index contributed by atoms with van der Waals surface area (Å²) in [6.07, 6.45) is 3.37. The Bertz CT molecular complexity index is 175. The fraction of sp³-hybridized carbons (Fsp3) is 1.00. The molecule has 1 heterocycles. The molecule has 0 saturated carbocycles. The van der Waals surface area contributed by atoms with Gasteiger partial charge in [0.2, 0.25) is 0 Å². The average molecular weight is 214 g/mol. The summed E-state index contributed by atoms with van der Waals surface area (Å²) < 4.78 is 0. The zero-order chi connectivity index (χ0) is 11.3. The molecule has 0 amide bonds. The zero-order valence-corrected chi connectivity index (χ0v) is 10.4. The predicted octanol–water partition coefficient (Wildman–Crippen LogP) is 1.17. The Morgan fingerprint density at radius 2 is 2.13 bits per heavy atom. The molecule has 1 N–H and O–H groups in total. The second-order valence-corrected chi connectivity index (χ2v) is 4.78. The highest BCUT2D eigenvalue weighted by Crippen LogP contribution is 2.16. The van der Waals surface area contributed by atoms with Crippen LogP contribution in [0.5, 0.6) is 0 Å². The molecule has 0 aromatic rings. The summed E-state index contributed by atoms with van der Waals surface area (Å²) in [6.45, 7) is 8.30. The molecule has 1 saturated heterocycles. The van der Waals surface area contributed by atoms with Gasteiger partial charge in [0.15, 0.2) is 0 Å². The molecule has 0 bridgehead atoms. The monoisotopic (exact) mass is 214 g/mol. The van der Waals surface area contributed by atoms with Crippen LogP contribution >= 0.6 is 0 Å². The Hall–Kier alpha value is -0.120. The van der Waals surface area contributed by atoms with Gasteiger partial charge >= 0.3 is 0 Å². The summed E-state index contributed by atoms with van der Waals surface area (Å²) in [5.41, 5.74) is 0. The molecule has 3 heteroatoms. The van der Waals surface area contributed by atoms with E-state index >= 15 is 0 Å². The first-order chi connectivity index (χ1) is 7.19. The number of aliphatic hydroxyl groups excluding tert-OH is 1. The van der Waals surface area contributed by atoms with Crippen molar-refractivity contribution >= 4 is 0 Å². The van der Waals surface area contributed by atoms with Crippen molar-refractivity contribution in [3.63, 3.8) is 0 Å². The summed E-state index contributed by atoms with van der Waals surface area (Å²) in [5, 5.41) is 9.10. The Balaban J connectivity index is 2.58. The summed E-state index contributed by atoms with van der Waals surface area (Å²) >= 11 is 0. The van der Waals surface area contributed by atoms with Crippen LogP contribution in [0.4, 0.5) is 0 Å². The third kappa shape index (κ3) is 3.74. The van der Waals surface area contributed by atoms with Crippen molar-refractivity contribution in [3.8, 4) is 0 Å². The molecule has 1 aliphatic heterocycles. The third-order valence-electron chi connectivity index (χ3n) is 3.57. The van der Waals surface area contributed by atoms with E-state index in [0.29, 0.717) is 18.7 Å². The summed E-state index contributed by atoms with van der Waals surface area (Å²) in [6, 6.07) is 1.22. The fourth-order valence-electron chi connectivity index (χ4n) is 2.39. The van der Waals surface area contributed by atoms with Gasteiger partial charge in [-0.2, -0.15) is 0 Å². The van der Waals surface area contributed by atoms with Crippen molar-refractivity contribution in [2.45, 2.75) is 45.2 Å². The largest absolute Gasteiger partial charge is 0.396 e. The maximum Gasteiger partial charge on any atom is 0.0446 e. The van der Waals surface area contributed by atoms with Crippen molar-refractivity contribution in [1.82, 2.24) is 9.80 Å². The van der Waals surface area contributed by atoms with Crippen LogP contribution < -0.4 is 0 Å². The Kier molecular flexibility index (Phi) is 5.58. The van der Waals surface area contributed by atoms with E-state index in [1.165, 1.54) is 25.9 Å². The molecule has 1 fully saturated rings. The lowest BCUT2D eigenvalue weighted by molar-refractivity contribution is 0.146. The highest BCUT2D eigenvalue weighted by molar-refractivity contribution is 4.81. The van der Waals surface area contributed by atoms with Crippen LogP contribution in [0, 0.1) is 0 Å². The average Bonchev–Trinajstić information content (AvgIpc) is 2.33. The molecule has 0 aromatic carbocycles. The minimum atomic E-state index is 0.313. The van der Waals surface area contributed by atoms with Crippen LogP contribution in [0.3, 0.4) is 0 Å². The molecule has 0 aliphatic carbocycles. The smallest absolute Gasteiger partial charge is 0.0446 e. The van der Waals surface area contributed by atoms with Crippen molar-refractivity contribution in [3.05, 3.63) is 0 Å². The van der Waals surface area contributed by atoms with Gasteiger partial charge in [-0.05, 0) is 46.3 Å². The number of likely N-dealkylation sites (N-methyl/N-ethyl adjacent to an activating group) is 1. The molecule has 3 nitrogen and oxygen atoms in total. The summed E-state index contributed by atoms with van der Waals surface area (Å²) in [7, 11) is 2.20. The molecular weight excluding hydrogens is 188 g/mol. The van der Waals surface area contributed by atoms with Crippen LogP contribution in [0.25, 0.3) is 0 Å². The zero-order valence-electron chi connectivity index (χ0n) is 10.4. The Labute approximate surface area is 94.1 Å². The van der Waals surface area contributed by atoms with Crippen molar-refractivity contribution in [2.75, 3.05) is 33.3 Å². The normalized spacial score (nSPS) is 30.4. The van der Waals surface area contributed by atoms with E-state index in [9.17, 15) is 0 Å². The topological polar surface area (TPSA) is 26.7 Å². The SMILES string of the molecule is CCCN1CCC(C)N(C)CC1CCO. The van der Waals surface area contributed by atoms with Crippen LogP contribution in [-0.4, -0.2) is 60.3 Å². The highest BCUT2D eigenvalue weighted by Gasteiger charge is 2.25. The first-order valence-corrected chi connectivity index (χ1v) is 6.24. The Morgan fingerprint density at radius 3 is 2.73 bits per heavy atom. The van der Waals surface area contributed by atoms with Gasteiger partial charge in [0.1, 0.15) is 0 Å². The lowest BCUT2D eigenvalue weighted by Gasteiger charge is -2.30. The maximum absolute atomic E-state index is 9.10. The Morgan fingerprint density at radius 1 is 1.40 bits per heavy atom. The van der Waals surface area contributed by atoms with E-state index in [1.807, 2.05) is 0 Å². The lowest BCUT2D eigenvalue weighted by Crippen LogP contribution is -2.41. The van der Waals surface area contributed by atoms with E-state index < -0.39 is 0 Å². The summed E-state index contributed by atoms with van der Waals surface area (Å²) in [4.78, 5) is 4.98. The van der Waals surface area contributed by atoms with E-state index in [-0.39, 0.29) is 0 Å². The second-order valence-electron chi connectivity index (χ2n) is 4.78. The molecule has 15 heavy (non-hydrogen) atoms. The van der Waals surface area contributed by atoms with E-state index in [0.717, 1.165) is 13.0 Å². The van der Waals surface area contributed by atoms with Gasteiger partial charge in [0.25, 0.3) is 0 Å². The van der Waals surface area contributed by atoms with Gasteiger partial charge in [0, 0.05) is 25.2 Å². The maximum atomic E-state index is 9.10.